The van der Waals surface area contributed by atoms with E-state index in [1.807, 2.05) is 26.0 Å². The van der Waals surface area contributed by atoms with Gasteiger partial charge in [-0.05, 0) is 47.4 Å². The first-order valence-corrected chi connectivity index (χ1v) is 9.22. The predicted molar refractivity (Wildman–Crippen MR) is 109 cm³/mol. The zero-order chi connectivity index (χ0) is 21.8. The number of nitrogens with one attached hydrogen (secondary N) is 1. The lowest BCUT2D eigenvalue weighted by Crippen LogP contribution is -2.54. The average molecular weight is 408 g/mol. The van der Waals surface area contributed by atoms with Gasteiger partial charge in [0.15, 0.2) is 6.61 Å². The lowest BCUT2D eigenvalue weighted by molar-refractivity contribution is -0.139. The van der Waals surface area contributed by atoms with E-state index in [1.165, 1.54) is 18.2 Å². The Bertz CT molecular complexity index is 1020. The van der Waals surface area contributed by atoms with Gasteiger partial charge in [0.25, 0.3) is 11.8 Å². The van der Waals surface area contributed by atoms with Gasteiger partial charge >= 0.3 is 12.0 Å². The molecular weight excluding hydrogens is 388 g/mol. The van der Waals surface area contributed by atoms with Crippen molar-refractivity contribution in [2.45, 2.75) is 19.8 Å². The second-order valence-electron chi connectivity index (χ2n) is 6.96. The zero-order valence-electron chi connectivity index (χ0n) is 16.4. The first-order chi connectivity index (χ1) is 14.3. The zero-order valence-corrected chi connectivity index (χ0v) is 16.4. The maximum absolute atomic E-state index is 12.9. The first-order valence-electron chi connectivity index (χ1n) is 9.22. The van der Waals surface area contributed by atoms with Crippen molar-refractivity contribution < 1.29 is 29.0 Å². The number of urea groups is 1. The number of carboxylic acid groups (broad SMARTS) is 1. The second-order valence-corrected chi connectivity index (χ2v) is 6.96. The fourth-order valence-corrected chi connectivity index (χ4v) is 2.87. The Morgan fingerprint density at radius 2 is 1.70 bits per heavy atom. The Labute approximate surface area is 172 Å². The van der Waals surface area contributed by atoms with Crippen LogP contribution in [0, 0.1) is 0 Å². The predicted octanol–water partition coefficient (Wildman–Crippen LogP) is 2.94. The third kappa shape index (κ3) is 4.54. The van der Waals surface area contributed by atoms with Crippen molar-refractivity contribution in [3.8, 4) is 5.75 Å². The molecule has 2 aromatic rings. The van der Waals surface area contributed by atoms with Crippen molar-refractivity contribution >= 4 is 35.6 Å². The molecule has 3 rings (SSSR count). The van der Waals surface area contributed by atoms with E-state index in [0.717, 1.165) is 10.5 Å². The molecule has 154 valence electrons. The molecule has 1 heterocycles. The Balaban J connectivity index is 1.85. The summed E-state index contributed by atoms with van der Waals surface area (Å²) in [7, 11) is 0. The number of carboxylic acids is 1. The highest BCUT2D eigenvalue weighted by molar-refractivity contribution is 6.39. The summed E-state index contributed by atoms with van der Waals surface area (Å²) in [6.45, 7) is 3.59. The number of aliphatic carboxylic acids is 1. The van der Waals surface area contributed by atoms with Gasteiger partial charge in [-0.15, -0.1) is 0 Å². The minimum Gasteiger partial charge on any atom is -0.482 e. The molecule has 0 saturated carbocycles. The number of anilines is 1. The Hall–Kier alpha value is -3.94. The van der Waals surface area contributed by atoms with E-state index >= 15 is 0 Å². The maximum atomic E-state index is 12.9. The normalized spacial score (nSPS) is 15.5. The van der Waals surface area contributed by atoms with E-state index in [9.17, 15) is 19.2 Å². The molecule has 1 aliphatic rings. The maximum Gasteiger partial charge on any atom is 0.341 e. The average Bonchev–Trinajstić information content (AvgIpc) is 2.70. The van der Waals surface area contributed by atoms with Crippen LogP contribution in [0.3, 0.4) is 0 Å². The molecule has 0 radical (unpaired) electrons. The van der Waals surface area contributed by atoms with E-state index < -0.39 is 30.4 Å². The molecule has 0 aliphatic carbocycles. The molecule has 2 N–H and O–H groups in total. The summed E-state index contributed by atoms with van der Waals surface area (Å²) in [6.07, 6.45) is 1.36. The van der Waals surface area contributed by atoms with Gasteiger partial charge in [0.05, 0.1) is 5.69 Å². The molecule has 0 spiro atoms. The van der Waals surface area contributed by atoms with Gasteiger partial charge in [-0.25, -0.2) is 14.5 Å². The van der Waals surface area contributed by atoms with Crippen molar-refractivity contribution in [1.29, 1.82) is 0 Å². The molecular formula is C22H20N2O6. The van der Waals surface area contributed by atoms with E-state index in [2.05, 4.69) is 5.32 Å². The van der Waals surface area contributed by atoms with Crippen LogP contribution in [-0.2, 0) is 14.4 Å². The van der Waals surface area contributed by atoms with Crippen LogP contribution >= 0.6 is 0 Å². The van der Waals surface area contributed by atoms with Crippen LogP contribution in [-0.4, -0.2) is 35.5 Å². The van der Waals surface area contributed by atoms with Crippen LogP contribution in [0.15, 0.2) is 54.1 Å². The Morgan fingerprint density at radius 3 is 2.27 bits per heavy atom. The van der Waals surface area contributed by atoms with E-state index in [-0.39, 0.29) is 5.57 Å². The van der Waals surface area contributed by atoms with Crippen molar-refractivity contribution in [1.82, 2.24) is 5.32 Å². The van der Waals surface area contributed by atoms with Crippen LogP contribution in [0.25, 0.3) is 6.08 Å². The topological polar surface area (TPSA) is 113 Å². The van der Waals surface area contributed by atoms with Crippen LogP contribution in [0.2, 0.25) is 0 Å². The van der Waals surface area contributed by atoms with Crippen molar-refractivity contribution in [3.05, 3.63) is 65.2 Å². The summed E-state index contributed by atoms with van der Waals surface area (Å²) in [5, 5.41) is 10.8. The van der Waals surface area contributed by atoms with Gasteiger partial charge in [0.2, 0.25) is 0 Å². The fraction of sp³-hybridized carbons (Fsp3) is 0.182. The van der Waals surface area contributed by atoms with Crippen LogP contribution < -0.4 is 15.0 Å². The SMILES string of the molecule is CC(C)c1ccc(N2C(=O)NC(=O)C(=Cc3ccc(OCC(=O)O)cc3)C2=O)cc1. The number of rotatable bonds is 6. The van der Waals surface area contributed by atoms with Gasteiger partial charge in [-0.3, -0.25) is 14.9 Å². The highest BCUT2D eigenvalue weighted by Crippen LogP contribution is 2.24. The molecule has 8 heteroatoms. The molecule has 1 saturated heterocycles. The molecule has 1 fully saturated rings. The molecule has 0 unspecified atom stereocenters. The van der Waals surface area contributed by atoms with Gasteiger partial charge in [-0.2, -0.15) is 0 Å². The van der Waals surface area contributed by atoms with Gasteiger partial charge in [0.1, 0.15) is 11.3 Å². The van der Waals surface area contributed by atoms with E-state index in [4.69, 9.17) is 9.84 Å². The summed E-state index contributed by atoms with van der Waals surface area (Å²) >= 11 is 0. The standard InChI is InChI=1S/C22H20N2O6/c1-13(2)15-5-7-16(8-6-15)24-21(28)18(20(27)23-22(24)29)11-14-3-9-17(10-4-14)30-12-19(25)26/h3-11,13H,12H2,1-2H3,(H,25,26)(H,23,27,29). The number of hydrogen-bond donors (Lipinski definition) is 2. The Morgan fingerprint density at radius 1 is 1.07 bits per heavy atom. The quantitative estimate of drug-likeness (QED) is 0.561. The molecule has 1 aliphatic heterocycles. The summed E-state index contributed by atoms with van der Waals surface area (Å²) in [5.41, 5.74) is 1.74. The summed E-state index contributed by atoms with van der Waals surface area (Å²) in [6, 6.07) is 12.4. The molecule has 0 bridgehead atoms. The molecule has 0 aromatic heterocycles. The number of hydrogen-bond acceptors (Lipinski definition) is 5. The highest BCUT2D eigenvalue weighted by Gasteiger charge is 2.36. The summed E-state index contributed by atoms with van der Waals surface area (Å²) < 4.78 is 5.05. The smallest absolute Gasteiger partial charge is 0.341 e. The molecule has 4 amide bonds. The minimum absolute atomic E-state index is 0.193. The largest absolute Gasteiger partial charge is 0.482 e. The molecule has 2 aromatic carbocycles. The number of carbonyl (C=O) groups excluding carboxylic acids is 3. The van der Waals surface area contributed by atoms with Gasteiger partial charge < -0.3 is 9.84 Å². The van der Waals surface area contributed by atoms with Crippen LogP contribution in [0.4, 0.5) is 10.5 Å². The van der Waals surface area contributed by atoms with Gasteiger partial charge in [0, 0.05) is 0 Å². The number of imide groups is 2. The minimum atomic E-state index is -1.10. The van der Waals surface area contributed by atoms with Crippen LogP contribution in [0.1, 0.15) is 30.9 Å². The number of barbiturate groups is 1. The van der Waals surface area contributed by atoms with Crippen LogP contribution in [0.5, 0.6) is 5.75 Å². The molecule has 30 heavy (non-hydrogen) atoms. The Kier molecular flexibility index (Phi) is 5.96. The number of amides is 4. The third-order valence-corrected chi connectivity index (χ3v) is 4.47. The van der Waals surface area contributed by atoms with Crippen molar-refractivity contribution in [2.24, 2.45) is 0 Å². The summed E-state index contributed by atoms with van der Waals surface area (Å²) in [5.74, 6) is -1.99. The second kappa shape index (κ2) is 8.60. The lowest BCUT2D eigenvalue weighted by atomic mass is 10.0. The highest BCUT2D eigenvalue weighted by atomic mass is 16.5. The first kappa shape index (κ1) is 20.8. The van der Waals surface area contributed by atoms with Gasteiger partial charge in [-0.1, -0.05) is 38.1 Å². The summed E-state index contributed by atoms with van der Waals surface area (Å²) in [4.78, 5) is 48.9. The number of ether oxygens (including phenoxy) is 1. The van der Waals surface area contributed by atoms with E-state index in [1.54, 1.807) is 24.3 Å². The number of carbonyl (C=O) groups is 4. The van der Waals surface area contributed by atoms with Crippen molar-refractivity contribution in [2.75, 3.05) is 11.5 Å². The number of nitrogens with zero attached hydrogens (tertiary/aromatic N) is 1. The molecule has 0 atom stereocenters. The lowest BCUT2D eigenvalue weighted by Gasteiger charge is -2.26. The third-order valence-electron chi connectivity index (χ3n) is 4.47. The van der Waals surface area contributed by atoms with Crippen molar-refractivity contribution in [3.63, 3.8) is 0 Å². The monoisotopic (exact) mass is 408 g/mol. The van der Waals surface area contributed by atoms with E-state index in [0.29, 0.717) is 22.9 Å². The number of benzene rings is 2. The molecule has 8 nitrogen and oxygen atoms in total. The fourth-order valence-electron chi connectivity index (χ4n) is 2.87.